The quantitative estimate of drug-likeness (QED) is 0.930. The fraction of sp³-hybridized carbons (Fsp3) is 0.375. The molecule has 0 radical (unpaired) electrons. The van der Waals surface area contributed by atoms with Crippen LogP contribution in [0.5, 0.6) is 0 Å². The third kappa shape index (κ3) is 4.25. The van der Waals surface area contributed by atoms with Gasteiger partial charge >= 0.3 is 0 Å². The van der Waals surface area contributed by atoms with E-state index in [0.29, 0.717) is 11.5 Å². The molecule has 0 aliphatic rings. The summed E-state index contributed by atoms with van der Waals surface area (Å²) in [6.45, 7) is 6.54. The van der Waals surface area contributed by atoms with Gasteiger partial charge in [0.15, 0.2) is 11.5 Å². The molecule has 5 heteroatoms. The smallest absolute Gasteiger partial charge is 0.182 e. The van der Waals surface area contributed by atoms with E-state index in [-0.39, 0.29) is 11.5 Å². The summed E-state index contributed by atoms with van der Waals surface area (Å²) >= 11 is 0. The van der Waals surface area contributed by atoms with Crippen LogP contribution in [0.15, 0.2) is 36.9 Å². The van der Waals surface area contributed by atoms with Crippen molar-refractivity contribution in [2.24, 2.45) is 5.41 Å². The first-order valence-corrected chi connectivity index (χ1v) is 6.87. The van der Waals surface area contributed by atoms with Crippen LogP contribution in [0.4, 0.5) is 5.82 Å². The molecule has 2 heterocycles. The highest BCUT2D eigenvalue weighted by Gasteiger charge is 2.22. The average Bonchev–Trinajstić information content (AvgIpc) is 2.47. The van der Waals surface area contributed by atoms with Crippen molar-refractivity contribution < 1.29 is 0 Å². The maximum absolute atomic E-state index is 9.13. The Kier molecular flexibility index (Phi) is 4.49. The number of nitrogens with one attached hydrogen (secondary N) is 1. The summed E-state index contributed by atoms with van der Waals surface area (Å²) in [5.41, 5.74) is 1.50. The fourth-order valence-electron chi connectivity index (χ4n) is 2.14. The Morgan fingerprint density at radius 2 is 2.00 bits per heavy atom. The molecule has 1 unspecified atom stereocenters. The number of hydrogen-bond donors (Lipinski definition) is 1. The number of pyridine rings is 1. The van der Waals surface area contributed by atoms with Gasteiger partial charge in [-0.25, -0.2) is 9.97 Å². The number of nitrogens with zero attached hydrogens (tertiary/aromatic N) is 4. The van der Waals surface area contributed by atoms with E-state index in [1.165, 1.54) is 6.20 Å². The summed E-state index contributed by atoms with van der Waals surface area (Å²) in [5, 5.41) is 12.5. The van der Waals surface area contributed by atoms with Gasteiger partial charge in [-0.05, 0) is 23.5 Å². The lowest BCUT2D eigenvalue weighted by Crippen LogP contribution is -2.20. The van der Waals surface area contributed by atoms with Crippen LogP contribution < -0.4 is 5.32 Å². The molecule has 0 amide bonds. The maximum Gasteiger partial charge on any atom is 0.182 e. The van der Waals surface area contributed by atoms with Crippen LogP contribution in [0.3, 0.4) is 0 Å². The van der Waals surface area contributed by atoms with E-state index in [1.54, 1.807) is 12.4 Å². The Bertz CT molecular complexity index is 625. The normalized spacial score (nSPS) is 12.5. The third-order valence-electron chi connectivity index (χ3n) is 3.02. The van der Waals surface area contributed by atoms with E-state index in [4.69, 9.17) is 5.26 Å². The van der Waals surface area contributed by atoms with Crippen LogP contribution in [-0.2, 0) is 0 Å². The maximum atomic E-state index is 9.13. The van der Waals surface area contributed by atoms with Gasteiger partial charge < -0.3 is 5.32 Å². The van der Waals surface area contributed by atoms with Crippen molar-refractivity contribution in [1.29, 1.82) is 5.26 Å². The van der Waals surface area contributed by atoms with E-state index in [9.17, 15) is 0 Å². The second kappa shape index (κ2) is 6.31. The molecule has 21 heavy (non-hydrogen) atoms. The van der Waals surface area contributed by atoms with Crippen molar-refractivity contribution in [1.82, 2.24) is 15.0 Å². The molecule has 0 saturated heterocycles. The van der Waals surface area contributed by atoms with Crippen LogP contribution in [-0.4, -0.2) is 15.0 Å². The molecule has 5 nitrogen and oxygen atoms in total. The van der Waals surface area contributed by atoms with Crippen molar-refractivity contribution >= 4 is 5.82 Å². The highest BCUT2D eigenvalue weighted by molar-refractivity contribution is 5.48. The number of hydrogen-bond acceptors (Lipinski definition) is 5. The van der Waals surface area contributed by atoms with E-state index >= 15 is 0 Å². The summed E-state index contributed by atoms with van der Waals surface area (Å²) in [6, 6.07) is 6.03. The van der Waals surface area contributed by atoms with Crippen molar-refractivity contribution in [3.05, 3.63) is 48.2 Å². The van der Waals surface area contributed by atoms with E-state index in [1.807, 2.05) is 18.3 Å². The summed E-state index contributed by atoms with van der Waals surface area (Å²) in [7, 11) is 0. The molecule has 2 rings (SSSR count). The van der Waals surface area contributed by atoms with Gasteiger partial charge in [-0.1, -0.05) is 26.8 Å². The molecule has 0 spiro atoms. The van der Waals surface area contributed by atoms with Gasteiger partial charge in [0.2, 0.25) is 0 Å². The first kappa shape index (κ1) is 14.9. The van der Waals surface area contributed by atoms with Gasteiger partial charge in [-0.15, -0.1) is 0 Å². The van der Waals surface area contributed by atoms with Crippen molar-refractivity contribution in [2.75, 3.05) is 5.32 Å². The number of nitriles is 1. The highest BCUT2D eigenvalue weighted by Crippen LogP contribution is 2.31. The zero-order chi connectivity index (χ0) is 15.3. The summed E-state index contributed by atoms with van der Waals surface area (Å²) in [4.78, 5) is 12.4. The standard InChI is InChI=1S/C16H19N5/c1-16(2,3)9-13(12-5-4-6-18-11-12)21-15-14(10-17)19-7-8-20-15/h4-8,11,13H,9H2,1-3H3,(H,20,21). The lowest BCUT2D eigenvalue weighted by molar-refractivity contribution is 0.352. The summed E-state index contributed by atoms with van der Waals surface area (Å²) in [6.07, 6.45) is 7.58. The van der Waals surface area contributed by atoms with Crippen molar-refractivity contribution in [3.63, 3.8) is 0 Å². The molecule has 0 saturated carbocycles. The van der Waals surface area contributed by atoms with Crippen molar-refractivity contribution in [2.45, 2.75) is 33.2 Å². The van der Waals surface area contributed by atoms with Gasteiger partial charge in [-0.2, -0.15) is 5.26 Å². The topological polar surface area (TPSA) is 74.5 Å². The van der Waals surface area contributed by atoms with E-state index in [2.05, 4.69) is 47.1 Å². The molecule has 0 aromatic carbocycles. The minimum Gasteiger partial charge on any atom is -0.361 e. The second-order valence-corrected chi connectivity index (χ2v) is 6.11. The molecule has 108 valence electrons. The SMILES string of the molecule is CC(C)(C)CC(Nc1nccnc1C#N)c1cccnc1. The fourth-order valence-corrected chi connectivity index (χ4v) is 2.14. The first-order chi connectivity index (χ1) is 9.99. The van der Waals surface area contributed by atoms with Crippen LogP contribution in [0, 0.1) is 16.7 Å². The molecule has 2 aromatic rings. The molecule has 2 aromatic heterocycles. The van der Waals surface area contributed by atoms with Crippen LogP contribution >= 0.6 is 0 Å². The minimum absolute atomic E-state index is 0.0301. The second-order valence-electron chi connectivity index (χ2n) is 6.11. The Morgan fingerprint density at radius 3 is 2.62 bits per heavy atom. The lowest BCUT2D eigenvalue weighted by Gasteiger charge is -2.27. The predicted molar refractivity (Wildman–Crippen MR) is 81.4 cm³/mol. The Balaban J connectivity index is 2.31. The first-order valence-electron chi connectivity index (χ1n) is 6.87. The monoisotopic (exact) mass is 281 g/mol. The Hall–Kier alpha value is -2.48. The molecule has 0 fully saturated rings. The number of rotatable bonds is 4. The lowest BCUT2D eigenvalue weighted by atomic mass is 9.86. The largest absolute Gasteiger partial charge is 0.361 e. The Labute approximate surface area is 125 Å². The van der Waals surface area contributed by atoms with Gasteiger partial charge in [0.25, 0.3) is 0 Å². The number of aromatic nitrogens is 3. The van der Waals surface area contributed by atoms with Crippen molar-refractivity contribution in [3.8, 4) is 6.07 Å². The summed E-state index contributed by atoms with van der Waals surface area (Å²) < 4.78 is 0. The van der Waals surface area contributed by atoms with E-state index < -0.39 is 0 Å². The molecule has 1 N–H and O–H groups in total. The average molecular weight is 281 g/mol. The van der Waals surface area contributed by atoms with Crippen LogP contribution in [0.25, 0.3) is 0 Å². The minimum atomic E-state index is 0.0301. The molecular weight excluding hydrogens is 262 g/mol. The van der Waals surface area contributed by atoms with Gasteiger partial charge in [0.1, 0.15) is 6.07 Å². The van der Waals surface area contributed by atoms with Gasteiger partial charge in [0, 0.05) is 24.8 Å². The number of anilines is 1. The predicted octanol–water partition coefficient (Wildman–Crippen LogP) is 3.33. The highest BCUT2D eigenvalue weighted by atomic mass is 15.0. The zero-order valence-corrected chi connectivity index (χ0v) is 12.5. The van der Waals surface area contributed by atoms with Crippen LogP contribution in [0.2, 0.25) is 0 Å². The molecular formula is C16H19N5. The zero-order valence-electron chi connectivity index (χ0n) is 12.5. The molecule has 1 atom stereocenters. The van der Waals surface area contributed by atoms with Crippen LogP contribution in [0.1, 0.15) is 44.5 Å². The third-order valence-corrected chi connectivity index (χ3v) is 3.02. The van der Waals surface area contributed by atoms with Gasteiger partial charge in [0.05, 0.1) is 6.04 Å². The Morgan fingerprint density at radius 1 is 1.24 bits per heavy atom. The summed E-state index contributed by atoms with van der Waals surface area (Å²) in [5.74, 6) is 0.512. The van der Waals surface area contributed by atoms with Gasteiger partial charge in [-0.3, -0.25) is 4.98 Å². The van der Waals surface area contributed by atoms with E-state index in [0.717, 1.165) is 12.0 Å². The molecule has 0 aliphatic carbocycles. The molecule has 0 bridgehead atoms. The molecule has 0 aliphatic heterocycles.